The van der Waals surface area contributed by atoms with Gasteiger partial charge in [-0.15, -0.1) is 5.10 Å². The van der Waals surface area contributed by atoms with Gasteiger partial charge in [0.25, 0.3) is 0 Å². The Bertz CT molecular complexity index is 784. The van der Waals surface area contributed by atoms with Crippen LogP contribution in [0.4, 0.5) is 5.69 Å². The molecule has 3 rings (SSSR count). The van der Waals surface area contributed by atoms with E-state index in [1.54, 1.807) is 4.68 Å². The number of tetrazole rings is 1. The summed E-state index contributed by atoms with van der Waals surface area (Å²) in [6.07, 6.45) is 0. The molecule has 118 valence electrons. The molecule has 0 aliphatic heterocycles. The second-order valence-corrected chi connectivity index (χ2v) is 5.12. The standard InChI is InChI=1S/C17H19N5O/c1-3-23-17-9-4-6-14(10-17)12-18-15-7-5-8-16(11-15)22-13(2)19-20-21-22/h4-11,18H,3,12H2,1-2H3. The van der Waals surface area contributed by atoms with E-state index >= 15 is 0 Å². The zero-order valence-electron chi connectivity index (χ0n) is 13.2. The molecule has 0 bridgehead atoms. The Balaban J connectivity index is 1.71. The number of hydrogen-bond donors (Lipinski definition) is 1. The van der Waals surface area contributed by atoms with Gasteiger partial charge in [0.15, 0.2) is 5.82 Å². The van der Waals surface area contributed by atoms with Crippen molar-refractivity contribution in [3.8, 4) is 11.4 Å². The number of anilines is 1. The summed E-state index contributed by atoms with van der Waals surface area (Å²) in [4.78, 5) is 0. The molecular weight excluding hydrogens is 290 g/mol. The Labute approximate surface area is 135 Å². The van der Waals surface area contributed by atoms with Crippen LogP contribution in [0.5, 0.6) is 5.75 Å². The summed E-state index contributed by atoms with van der Waals surface area (Å²) in [5.41, 5.74) is 3.11. The highest BCUT2D eigenvalue weighted by Gasteiger charge is 2.04. The molecule has 2 aromatic carbocycles. The lowest BCUT2D eigenvalue weighted by atomic mass is 10.2. The van der Waals surface area contributed by atoms with Crippen LogP contribution in [-0.4, -0.2) is 26.8 Å². The molecule has 6 nitrogen and oxygen atoms in total. The van der Waals surface area contributed by atoms with E-state index in [0.717, 1.165) is 29.5 Å². The van der Waals surface area contributed by atoms with Crippen molar-refractivity contribution in [2.24, 2.45) is 0 Å². The number of ether oxygens (including phenoxy) is 1. The molecule has 0 fully saturated rings. The Morgan fingerprint density at radius 1 is 1.13 bits per heavy atom. The van der Waals surface area contributed by atoms with Crippen molar-refractivity contribution in [1.29, 1.82) is 0 Å². The van der Waals surface area contributed by atoms with Gasteiger partial charge in [-0.3, -0.25) is 0 Å². The number of benzene rings is 2. The SMILES string of the molecule is CCOc1cccc(CNc2cccc(-n3nnnc3C)c2)c1. The van der Waals surface area contributed by atoms with Crippen molar-refractivity contribution in [3.05, 3.63) is 59.9 Å². The van der Waals surface area contributed by atoms with Crippen molar-refractivity contribution in [2.75, 3.05) is 11.9 Å². The molecule has 0 spiro atoms. The van der Waals surface area contributed by atoms with Crippen LogP contribution in [0.25, 0.3) is 5.69 Å². The lowest BCUT2D eigenvalue weighted by Gasteiger charge is -2.10. The zero-order chi connectivity index (χ0) is 16.1. The number of nitrogens with one attached hydrogen (secondary N) is 1. The van der Waals surface area contributed by atoms with Crippen molar-refractivity contribution in [1.82, 2.24) is 20.2 Å². The van der Waals surface area contributed by atoms with Gasteiger partial charge >= 0.3 is 0 Å². The first-order valence-corrected chi connectivity index (χ1v) is 7.57. The molecule has 0 aliphatic carbocycles. The van der Waals surface area contributed by atoms with Gasteiger partial charge in [-0.2, -0.15) is 4.68 Å². The molecule has 0 aliphatic rings. The van der Waals surface area contributed by atoms with Gasteiger partial charge < -0.3 is 10.1 Å². The van der Waals surface area contributed by atoms with Crippen molar-refractivity contribution >= 4 is 5.69 Å². The summed E-state index contributed by atoms with van der Waals surface area (Å²) in [5, 5.41) is 15.0. The average Bonchev–Trinajstić information content (AvgIpc) is 3.00. The van der Waals surface area contributed by atoms with E-state index in [0.29, 0.717) is 6.61 Å². The highest BCUT2D eigenvalue weighted by atomic mass is 16.5. The largest absolute Gasteiger partial charge is 0.494 e. The van der Waals surface area contributed by atoms with E-state index in [-0.39, 0.29) is 0 Å². The molecular formula is C17H19N5O. The molecule has 0 amide bonds. The molecule has 0 radical (unpaired) electrons. The van der Waals surface area contributed by atoms with Crippen molar-refractivity contribution < 1.29 is 4.74 Å². The van der Waals surface area contributed by atoms with Gasteiger partial charge in [0, 0.05) is 12.2 Å². The molecule has 6 heteroatoms. The highest BCUT2D eigenvalue weighted by Crippen LogP contribution is 2.17. The van der Waals surface area contributed by atoms with Crippen LogP contribution in [0, 0.1) is 6.92 Å². The maximum atomic E-state index is 5.53. The van der Waals surface area contributed by atoms with Crippen molar-refractivity contribution in [2.45, 2.75) is 20.4 Å². The third-order valence-corrected chi connectivity index (χ3v) is 3.42. The zero-order valence-corrected chi connectivity index (χ0v) is 13.2. The summed E-state index contributed by atoms with van der Waals surface area (Å²) in [6.45, 7) is 5.25. The van der Waals surface area contributed by atoms with Crippen LogP contribution in [-0.2, 0) is 6.54 Å². The fraction of sp³-hybridized carbons (Fsp3) is 0.235. The normalized spacial score (nSPS) is 10.5. The van der Waals surface area contributed by atoms with Crippen molar-refractivity contribution in [3.63, 3.8) is 0 Å². The number of nitrogens with zero attached hydrogens (tertiary/aromatic N) is 4. The number of aromatic nitrogens is 4. The summed E-state index contributed by atoms with van der Waals surface area (Å²) in [7, 11) is 0. The number of aryl methyl sites for hydroxylation is 1. The van der Waals surface area contributed by atoms with E-state index in [4.69, 9.17) is 4.74 Å². The van der Waals surface area contributed by atoms with Gasteiger partial charge in [-0.25, -0.2) is 0 Å². The Hall–Kier alpha value is -2.89. The van der Waals surface area contributed by atoms with Crippen LogP contribution in [0.2, 0.25) is 0 Å². The van der Waals surface area contributed by atoms with Crippen LogP contribution >= 0.6 is 0 Å². The second kappa shape index (κ2) is 6.91. The maximum Gasteiger partial charge on any atom is 0.153 e. The fourth-order valence-corrected chi connectivity index (χ4v) is 2.33. The smallest absolute Gasteiger partial charge is 0.153 e. The summed E-state index contributed by atoms with van der Waals surface area (Å²) >= 11 is 0. The van der Waals surface area contributed by atoms with Crippen LogP contribution in [0.15, 0.2) is 48.5 Å². The van der Waals surface area contributed by atoms with Crippen LogP contribution < -0.4 is 10.1 Å². The van der Waals surface area contributed by atoms with E-state index in [2.05, 4.69) is 26.9 Å². The average molecular weight is 309 g/mol. The molecule has 23 heavy (non-hydrogen) atoms. The number of hydrogen-bond acceptors (Lipinski definition) is 5. The predicted octanol–water partition coefficient (Wildman–Crippen LogP) is 2.98. The molecule has 1 aromatic heterocycles. The molecule has 3 aromatic rings. The minimum Gasteiger partial charge on any atom is -0.494 e. The Morgan fingerprint density at radius 2 is 2.00 bits per heavy atom. The molecule has 0 saturated heterocycles. The summed E-state index contributed by atoms with van der Waals surface area (Å²) in [5.74, 6) is 1.65. The quantitative estimate of drug-likeness (QED) is 0.758. The number of rotatable bonds is 6. The molecule has 0 unspecified atom stereocenters. The lowest BCUT2D eigenvalue weighted by Crippen LogP contribution is -2.03. The van der Waals surface area contributed by atoms with E-state index < -0.39 is 0 Å². The lowest BCUT2D eigenvalue weighted by molar-refractivity contribution is 0.340. The van der Waals surface area contributed by atoms with Crippen LogP contribution in [0.3, 0.4) is 0 Å². The third-order valence-electron chi connectivity index (χ3n) is 3.42. The predicted molar refractivity (Wildman–Crippen MR) is 88.8 cm³/mol. The van der Waals surface area contributed by atoms with Gasteiger partial charge in [0.05, 0.1) is 12.3 Å². The Kier molecular flexibility index (Phi) is 4.52. The highest BCUT2D eigenvalue weighted by molar-refractivity contribution is 5.51. The van der Waals surface area contributed by atoms with E-state index in [9.17, 15) is 0 Å². The first-order chi connectivity index (χ1) is 11.3. The topological polar surface area (TPSA) is 64.9 Å². The van der Waals surface area contributed by atoms with Crippen LogP contribution in [0.1, 0.15) is 18.3 Å². The van der Waals surface area contributed by atoms with Gasteiger partial charge in [-0.05, 0) is 60.2 Å². The first kappa shape index (κ1) is 15.0. The fourth-order valence-electron chi connectivity index (χ4n) is 2.33. The monoisotopic (exact) mass is 309 g/mol. The molecule has 0 atom stereocenters. The van der Waals surface area contributed by atoms with Gasteiger partial charge in [0.1, 0.15) is 5.75 Å². The second-order valence-electron chi connectivity index (χ2n) is 5.12. The first-order valence-electron chi connectivity index (χ1n) is 7.57. The van der Waals surface area contributed by atoms with Gasteiger partial charge in [0.2, 0.25) is 0 Å². The summed E-state index contributed by atoms with van der Waals surface area (Å²) < 4.78 is 7.24. The van der Waals surface area contributed by atoms with E-state index in [1.165, 1.54) is 5.56 Å². The summed E-state index contributed by atoms with van der Waals surface area (Å²) in [6, 6.07) is 16.1. The Morgan fingerprint density at radius 3 is 2.78 bits per heavy atom. The maximum absolute atomic E-state index is 5.53. The molecule has 0 saturated carbocycles. The molecule has 1 N–H and O–H groups in total. The minimum absolute atomic E-state index is 0.671. The molecule has 1 heterocycles. The van der Waals surface area contributed by atoms with Gasteiger partial charge in [-0.1, -0.05) is 18.2 Å². The minimum atomic E-state index is 0.671. The third kappa shape index (κ3) is 3.66. The van der Waals surface area contributed by atoms with E-state index in [1.807, 2.05) is 56.3 Å².